The summed E-state index contributed by atoms with van der Waals surface area (Å²) in [5.74, 6) is 1.75. The van der Waals surface area contributed by atoms with Gasteiger partial charge in [0.2, 0.25) is 5.95 Å². The predicted molar refractivity (Wildman–Crippen MR) is 123 cm³/mol. The molecule has 0 N–H and O–H groups in total. The van der Waals surface area contributed by atoms with Crippen LogP contribution in [0.2, 0.25) is 0 Å². The number of ether oxygens (including phenoxy) is 3. The SMILES string of the molecule is COC(=O)c1cccc(OCCSc2nnc(N3CCOCC3)n2-c2ccc(C)cc2)c1. The molecule has 1 aliphatic rings. The number of rotatable bonds is 8. The zero-order valence-electron chi connectivity index (χ0n) is 18.2. The molecule has 1 aliphatic heterocycles. The first-order chi connectivity index (χ1) is 15.7. The Kier molecular flexibility index (Phi) is 7.28. The molecule has 0 bridgehead atoms. The molecule has 0 radical (unpaired) electrons. The summed E-state index contributed by atoms with van der Waals surface area (Å²) >= 11 is 1.58. The summed E-state index contributed by atoms with van der Waals surface area (Å²) in [7, 11) is 1.36. The van der Waals surface area contributed by atoms with Crippen LogP contribution in [-0.2, 0) is 9.47 Å². The van der Waals surface area contributed by atoms with Crippen LogP contribution in [0.5, 0.6) is 5.75 Å². The number of aryl methyl sites for hydroxylation is 1. The van der Waals surface area contributed by atoms with E-state index in [0.717, 1.165) is 29.9 Å². The Hall–Kier alpha value is -3.04. The second-order valence-electron chi connectivity index (χ2n) is 7.27. The molecule has 2 heterocycles. The largest absolute Gasteiger partial charge is 0.493 e. The van der Waals surface area contributed by atoms with Gasteiger partial charge in [-0.1, -0.05) is 35.5 Å². The van der Waals surface area contributed by atoms with E-state index in [1.54, 1.807) is 30.0 Å². The lowest BCUT2D eigenvalue weighted by atomic mass is 10.2. The normalized spacial score (nSPS) is 13.8. The highest BCUT2D eigenvalue weighted by atomic mass is 32.2. The van der Waals surface area contributed by atoms with Crippen molar-refractivity contribution < 1.29 is 19.0 Å². The van der Waals surface area contributed by atoms with Crippen LogP contribution in [0.25, 0.3) is 5.69 Å². The van der Waals surface area contributed by atoms with Crippen molar-refractivity contribution >= 4 is 23.7 Å². The molecule has 0 amide bonds. The average molecular weight is 455 g/mol. The maximum Gasteiger partial charge on any atom is 0.337 e. The van der Waals surface area contributed by atoms with Crippen molar-refractivity contribution in [3.8, 4) is 11.4 Å². The molecule has 0 unspecified atom stereocenters. The third kappa shape index (κ3) is 5.23. The fourth-order valence-corrected chi connectivity index (χ4v) is 4.13. The summed E-state index contributed by atoms with van der Waals surface area (Å²) < 4.78 is 18.2. The Labute approximate surface area is 191 Å². The van der Waals surface area contributed by atoms with Gasteiger partial charge < -0.3 is 19.1 Å². The summed E-state index contributed by atoms with van der Waals surface area (Å²) in [4.78, 5) is 13.9. The van der Waals surface area contributed by atoms with Crippen molar-refractivity contribution in [2.45, 2.75) is 12.1 Å². The van der Waals surface area contributed by atoms with E-state index in [2.05, 4.69) is 50.9 Å². The highest BCUT2D eigenvalue weighted by Crippen LogP contribution is 2.27. The molecule has 1 fully saturated rings. The monoisotopic (exact) mass is 454 g/mol. The fraction of sp³-hybridized carbons (Fsp3) is 0.348. The Morgan fingerprint density at radius 1 is 1.12 bits per heavy atom. The Morgan fingerprint density at radius 2 is 1.91 bits per heavy atom. The third-order valence-corrected chi connectivity index (χ3v) is 5.93. The molecule has 3 aromatic rings. The summed E-state index contributed by atoms with van der Waals surface area (Å²) in [5.41, 5.74) is 2.69. The maximum atomic E-state index is 11.7. The van der Waals surface area contributed by atoms with Crippen LogP contribution in [0.15, 0.2) is 53.7 Å². The van der Waals surface area contributed by atoms with Gasteiger partial charge in [0.25, 0.3) is 0 Å². The minimum absolute atomic E-state index is 0.383. The molecule has 2 aromatic carbocycles. The molecule has 1 aromatic heterocycles. The van der Waals surface area contributed by atoms with Gasteiger partial charge in [-0.15, -0.1) is 10.2 Å². The van der Waals surface area contributed by atoms with Gasteiger partial charge in [-0.25, -0.2) is 4.79 Å². The number of thioether (sulfide) groups is 1. The lowest BCUT2D eigenvalue weighted by molar-refractivity contribution is 0.0600. The molecule has 32 heavy (non-hydrogen) atoms. The van der Waals surface area contributed by atoms with Crippen LogP contribution >= 0.6 is 11.8 Å². The molecule has 4 rings (SSSR count). The summed E-state index contributed by atoms with van der Waals surface area (Å²) in [6.45, 7) is 5.47. The summed E-state index contributed by atoms with van der Waals surface area (Å²) in [5, 5.41) is 9.75. The minimum atomic E-state index is -0.383. The van der Waals surface area contributed by atoms with E-state index in [1.165, 1.54) is 12.7 Å². The molecule has 8 nitrogen and oxygen atoms in total. The van der Waals surface area contributed by atoms with E-state index in [4.69, 9.17) is 14.2 Å². The number of carbonyl (C=O) groups excluding carboxylic acids is 1. The van der Waals surface area contributed by atoms with Gasteiger partial charge in [-0.3, -0.25) is 4.57 Å². The van der Waals surface area contributed by atoms with Gasteiger partial charge >= 0.3 is 5.97 Å². The third-order valence-electron chi connectivity index (χ3n) is 5.04. The quantitative estimate of drug-likeness (QED) is 0.291. The van der Waals surface area contributed by atoms with E-state index in [0.29, 0.717) is 36.9 Å². The topological polar surface area (TPSA) is 78.7 Å². The summed E-state index contributed by atoms with van der Waals surface area (Å²) in [6, 6.07) is 15.3. The van der Waals surface area contributed by atoms with Crippen LogP contribution in [0.4, 0.5) is 5.95 Å². The van der Waals surface area contributed by atoms with Crippen LogP contribution < -0.4 is 9.64 Å². The number of carbonyl (C=O) groups is 1. The van der Waals surface area contributed by atoms with E-state index in [-0.39, 0.29) is 5.97 Å². The lowest BCUT2D eigenvalue weighted by Crippen LogP contribution is -2.37. The lowest BCUT2D eigenvalue weighted by Gasteiger charge is -2.28. The zero-order chi connectivity index (χ0) is 22.3. The Balaban J connectivity index is 1.46. The average Bonchev–Trinajstić information content (AvgIpc) is 3.26. The highest BCUT2D eigenvalue weighted by Gasteiger charge is 2.21. The first kappa shape index (κ1) is 22.2. The van der Waals surface area contributed by atoms with Crippen molar-refractivity contribution in [2.24, 2.45) is 0 Å². The fourth-order valence-electron chi connectivity index (χ4n) is 3.37. The molecule has 1 saturated heterocycles. The zero-order valence-corrected chi connectivity index (χ0v) is 19.0. The summed E-state index contributed by atoms with van der Waals surface area (Å²) in [6.07, 6.45) is 0. The number of morpholine rings is 1. The number of benzene rings is 2. The molecule has 168 valence electrons. The van der Waals surface area contributed by atoms with Crippen LogP contribution in [0.1, 0.15) is 15.9 Å². The molecular formula is C23H26N4O4S. The highest BCUT2D eigenvalue weighted by molar-refractivity contribution is 7.99. The van der Waals surface area contributed by atoms with Crippen molar-refractivity contribution in [1.82, 2.24) is 14.8 Å². The smallest absolute Gasteiger partial charge is 0.337 e. The second kappa shape index (κ2) is 10.5. The molecule has 9 heteroatoms. The van der Waals surface area contributed by atoms with E-state index < -0.39 is 0 Å². The van der Waals surface area contributed by atoms with Gasteiger partial charge in [0, 0.05) is 18.8 Å². The van der Waals surface area contributed by atoms with Crippen LogP contribution in [0, 0.1) is 6.92 Å². The number of methoxy groups -OCH3 is 1. The molecule has 0 atom stereocenters. The van der Waals surface area contributed by atoms with E-state index in [9.17, 15) is 4.79 Å². The van der Waals surface area contributed by atoms with Gasteiger partial charge in [-0.2, -0.15) is 0 Å². The van der Waals surface area contributed by atoms with Gasteiger partial charge in [-0.05, 0) is 37.3 Å². The second-order valence-corrected chi connectivity index (χ2v) is 8.33. The van der Waals surface area contributed by atoms with Crippen molar-refractivity contribution in [3.05, 3.63) is 59.7 Å². The first-order valence-corrected chi connectivity index (χ1v) is 11.4. The standard InChI is InChI=1S/C23H26N4O4S/c1-17-6-8-19(9-7-17)27-22(26-10-12-30-13-11-26)24-25-23(27)32-15-14-31-20-5-3-4-18(16-20)21(28)29-2/h3-9,16H,10-15H2,1-2H3. The first-order valence-electron chi connectivity index (χ1n) is 10.4. The maximum absolute atomic E-state index is 11.7. The number of nitrogens with zero attached hydrogens (tertiary/aromatic N) is 4. The Bertz CT molecular complexity index is 1050. The van der Waals surface area contributed by atoms with E-state index in [1.807, 2.05) is 6.07 Å². The van der Waals surface area contributed by atoms with Crippen molar-refractivity contribution in [2.75, 3.05) is 50.7 Å². The molecule has 0 aliphatic carbocycles. The molecular weight excluding hydrogens is 428 g/mol. The van der Waals surface area contributed by atoms with Crippen LogP contribution in [0.3, 0.4) is 0 Å². The van der Waals surface area contributed by atoms with Gasteiger partial charge in [0.05, 0.1) is 38.2 Å². The minimum Gasteiger partial charge on any atom is -0.493 e. The number of aromatic nitrogens is 3. The van der Waals surface area contributed by atoms with Gasteiger partial charge in [0.15, 0.2) is 5.16 Å². The molecule has 0 saturated carbocycles. The Morgan fingerprint density at radius 3 is 2.66 bits per heavy atom. The number of hydrogen-bond donors (Lipinski definition) is 0. The van der Waals surface area contributed by atoms with Crippen LogP contribution in [-0.4, -0.2) is 66.5 Å². The van der Waals surface area contributed by atoms with Gasteiger partial charge in [0.1, 0.15) is 5.75 Å². The van der Waals surface area contributed by atoms with E-state index >= 15 is 0 Å². The number of hydrogen-bond acceptors (Lipinski definition) is 8. The number of anilines is 1. The van der Waals surface area contributed by atoms with Crippen molar-refractivity contribution in [3.63, 3.8) is 0 Å². The van der Waals surface area contributed by atoms with Crippen molar-refractivity contribution in [1.29, 1.82) is 0 Å². The molecule has 0 spiro atoms. The number of esters is 1. The predicted octanol–water partition coefficient (Wildman–Crippen LogP) is 3.37.